The standard InChI is InChI=1S/C12H20O4/c1-9(2)15-11(13)7-5-6-8-12(14)16-10(3)4/h5-6,9-10H,7-8H2,1-4H3/b6-5+. The molecule has 0 aliphatic carbocycles. The molecule has 0 saturated heterocycles. The van der Waals surface area contributed by atoms with Gasteiger partial charge in [0.2, 0.25) is 0 Å². The summed E-state index contributed by atoms with van der Waals surface area (Å²) in [5.74, 6) is -0.577. The molecule has 16 heavy (non-hydrogen) atoms. The van der Waals surface area contributed by atoms with Gasteiger partial charge in [-0.3, -0.25) is 9.59 Å². The van der Waals surface area contributed by atoms with Gasteiger partial charge >= 0.3 is 11.9 Å². The fourth-order valence-corrected chi connectivity index (χ4v) is 0.981. The maximum absolute atomic E-state index is 11.1. The van der Waals surface area contributed by atoms with Crippen molar-refractivity contribution in [1.82, 2.24) is 0 Å². The Bertz CT molecular complexity index is 228. The van der Waals surface area contributed by atoms with Crippen LogP contribution in [0, 0.1) is 0 Å². The number of hydrogen-bond acceptors (Lipinski definition) is 4. The molecule has 0 fully saturated rings. The van der Waals surface area contributed by atoms with E-state index in [-0.39, 0.29) is 37.0 Å². The van der Waals surface area contributed by atoms with E-state index in [1.54, 1.807) is 39.8 Å². The third-order valence-corrected chi connectivity index (χ3v) is 1.47. The van der Waals surface area contributed by atoms with Gasteiger partial charge in [-0.2, -0.15) is 0 Å². The van der Waals surface area contributed by atoms with E-state index < -0.39 is 0 Å². The topological polar surface area (TPSA) is 52.6 Å². The van der Waals surface area contributed by atoms with Crippen molar-refractivity contribution in [3.63, 3.8) is 0 Å². The van der Waals surface area contributed by atoms with E-state index in [0.29, 0.717) is 0 Å². The average molecular weight is 228 g/mol. The Morgan fingerprint density at radius 3 is 1.44 bits per heavy atom. The zero-order valence-electron chi connectivity index (χ0n) is 10.4. The number of esters is 2. The number of rotatable bonds is 6. The van der Waals surface area contributed by atoms with Gasteiger partial charge in [0.05, 0.1) is 25.0 Å². The lowest BCUT2D eigenvalue weighted by Crippen LogP contribution is -2.11. The number of ether oxygens (including phenoxy) is 2. The largest absolute Gasteiger partial charge is 0.463 e. The number of hydrogen-bond donors (Lipinski definition) is 0. The first-order chi connectivity index (χ1) is 7.41. The van der Waals surface area contributed by atoms with Crippen molar-refractivity contribution in [2.45, 2.75) is 52.7 Å². The number of carbonyl (C=O) groups is 2. The van der Waals surface area contributed by atoms with Gasteiger partial charge in [-0.15, -0.1) is 0 Å². The minimum atomic E-state index is -0.288. The molecule has 0 aromatic rings. The molecule has 0 saturated carbocycles. The van der Waals surface area contributed by atoms with Crippen LogP contribution in [-0.4, -0.2) is 24.1 Å². The van der Waals surface area contributed by atoms with Crippen LogP contribution in [0.15, 0.2) is 12.2 Å². The van der Waals surface area contributed by atoms with Crippen LogP contribution in [0.1, 0.15) is 40.5 Å². The minimum Gasteiger partial charge on any atom is -0.463 e. The maximum atomic E-state index is 11.1. The summed E-state index contributed by atoms with van der Waals surface area (Å²) < 4.78 is 9.83. The Morgan fingerprint density at radius 1 is 0.875 bits per heavy atom. The van der Waals surface area contributed by atoms with E-state index in [1.807, 2.05) is 0 Å². The van der Waals surface area contributed by atoms with E-state index in [2.05, 4.69) is 0 Å². The van der Waals surface area contributed by atoms with E-state index in [0.717, 1.165) is 0 Å². The molecule has 92 valence electrons. The van der Waals surface area contributed by atoms with Gasteiger partial charge in [-0.1, -0.05) is 12.2 Å². The van der Waals surface area contributed by atoms with Crippen molar-refractivity contribution in [3.8, 4) is 0 Å². The van der Waals surface area contributed by atoms with Gasteiger partial charge < -0.3 is 9.47 Å². The van der Waals surface area contributed by atoms with E-state index >= 15 is 0 Å². The average Bonchev–Trinajstić information content (AvgIpc) is 2.10. The van der Waals surface area contributed by atoms with Crippen LogP contribution in [0.4, 0.5) is 0 Å². The predicted molar refractivity (Wildman–Crippen MR) is 60.8 cm³/mol. The smallest absolute Gasteiger partial charge is 0.309 e. The van der Waals surface area contributed by atoms with Crippen LogP contribution in [0.3, 0.4) is 0 Å². The van der Waals surface area contributed by atoms with Crippen molar-refractivity contribution >= 4 is 11.9 Å². The molecular formula is C12H20O4. The summed E-state index contributed by atoms with van der Waals surface area (Å²) in [6.07, 6.45) is 3.40. The van der Waals surface area contributed by atoms with Crippen molar-refractivity contribution < 1.29 is 19.1 Å². The summed E-state index contributed by atoms with van der Waals surface area (Å²) in [7, 11) is 0. The van der Waals surface area contributed by atoms with Crippen molar-refractivity contribution in [2.75, 3.05) is 0 Å². The molecule has 0 atom stereocenters. The molecule has 0 rings (SSSR count). The van der Waals surface area contributed by atoms with Gasteiger partial charge in [0, 0.05) is 0 Å². The van der Waals surface area contributed by atoms with Crippen LogP contribution in [0.25, 0.3) is 0 Å². The summed E-state index contributed by atoms with van der Waals surface area (Å²) in [5.41, 5.74) is 0. The lowest BCUT2D eigenvalue weighted by atomic mass is 10.3. The molecule has 0 amide bonds. The Morgan fingerprint density at radius 2 is 1.19 bits per heavy atom. The summed E-state index contributed by atoms with van der Waals surface area (Å²) in [6.45, 7) is 7.17. The molecule has 0 spiro atoms. The van der Waals surface area contributed by atoms with Crippen LogP contribution in [0.2, 0.25) is 0 Å². The SMILES string of the molecule is CC(C)OC(=O)C/C=C/CC(=O)OC(C)C. The Labute approximate surface area is 96.6 Å². The Hall–Kier alpha value is -1.32. The zero-order valence-corrected chi connectivity index (χ0v) is 10.4. The molecule has 0 unspecified atom stereocenters. The highest BCUT2D eigenvalue weighted by atomic mass is 16.5. The van der Waals surface area contributed by atoms with Crippen molar-refractivity contribution in [3.05, 3.63) is 12.2 Å². The van der Waals surface area contributed by atoms with Crippen molar-refractivity contribution in [1.29, 1.82) is 0 Å². The summed E-state index contributed by atoms with van der Waals surface area (Å²) in [4.78, 5) is 22.2. The van der Waals surface area contributed by atoms with Crippen LogP contribution in [-0.2, 0) is 19.1 Å². The molecule has 0 aliphatic rings. The highest BCUT2D eigenvalue weighted by Gasteiger charge is 2.04. The highest BCUT2D eigenvalue weighted by Crippen LogP contribution is 1.98. The van der Waals surface area contributed by atoms with Crippen LogP contribution >= 0.6 is 0 Å². The second kappa shape index (κ2) is 7.91. The Balaban J connectivity index is 3.69. The maximum Gasteiger partial charge on any atom is 0.309 e. The quantitative estimate of drug-likeness (QED) is 0.516. The molecule has 0 aromatic carbocycles. The normalized spacial score (nSPS) is 11.1. The third-order valence-electron chi connectivity index (χ3n) is 1.47. The molecule has 0 aromatic heterocycles. The lowest BCUT2D eigenvalue weighted by Gasteiger charge is -2.06. The summed E-state index contributed by atoms with van der Waals surface area (Å²) in [6, 6.07) is 0. The van der Waals surface area contributed by atoms with E-state index in [1.165, 1.54) is 0 Å². The van der Waals surface area contributed by atoms with Crippen LogP contribution < -0.4 is 0 Å². The van der Waals surface area contributed by atoms with E-state index in [4.69, 9.17) is 9.47 Å². The fourth-order valence-electron chi connectivity index (χ4n) is 0.981. The molecular weight excluding hydrogens is 208 g/mol. The first kappa shape index (κ1) is 14.7. The van der Waals surface area contributed by atoms with Crippen molar-refractivity contribution in [2.24, 2.45) is 0 Å². The fraction of sp³-hybridized carbons (Fsp3) is 0.667. The van der Waals surface area contributed by atoms with Gasteiger partial charge in [0.1, 0.15) is 0 Å². The highest BCUT2D eigenvalue weighted by molar-refractivity contribution is 5.73. The lowest BCUT2D eigenvalue weighted by molar-refractivity contribution is -0.147. The van der Waals surface area contributed by atoms with E-state index in [9.17, 15) is 9.59 Å². The summed E-state index contributed by atoms with van der Waals surface area (Å²) in [5, 5.41) is 0. The number of carbonyl (C=O) groups excluding carboxylic acids is 2. The predicted octanol–water partition coefficient (Wildman–Crippen LogP) is 2.23. The molecule has 4 heteroatoms. The second-order valence-corrected chi connectivity index (χ2v) is 3.96. The monoisotopic (exact) mass is 228 g/mol. The molecule has 0 aliphatic heterocycles. The molecule has 0 radical (unpaired) electrons. The molecule has 0 N–H and O–H groups in total. The first-order valence-corrected chi connectivity index (χ1v) is 5.45. The third kappa shape index (κ3) is 9.24. The van der Waals surface area contributed by atoms with Gasteiger partial charge in [0.15, 0.2) is 0 Å². The zero-order chi connectivity index (χ0) is 12.6. The minimum absolute atomic E-state index is 0.105. The molecule has 0 heterocycles. The summed E-state index contributed by atoms with van der Waals surface area (Å²) >= 11 is 0. The van der Waals surface area contributed by atoms with Gasteiger partial charge in [0.25, 0.3) is 0 Å². The van der Waals surface area contributed by atoms with Gasteiger partial charge in [-0.05, 0) is 27.7 Å². The molecule has 0 bridgehead atoms. The first-order valence-electron chi connectivity index (χ1n) is 5.45. The van der Waals surface area contributed by atoms with Gasteiger partial charge in [-0.25, -0.2) is 0 Å². The van der Waals surface area contributed by atoms with Crippen LogP contribution in [0.5, 0.6) is 0 Å². The second-order valence-electron chi connectivity index (χ2n) is 3.96. The Kier molecular flexibility index (Phi) is 7.25. The molecule has 4 nitrogen and oxygen atoms in total.